The molecule has 0 aromatic carbocycles. The van der Waals surface area contributed by atoms with Crippen LogP contribution < -0.4 is 5.32 Å². The minimum Gasteiger partial charge on any atom is -0.385 e. The molecule has 0 bridgehead atoms. The van der Waals surface area contributed by atoms with E-state index in [0.29, 0.717) is 0 Å². The first-order valence-corrected chi connectivity index (χ1v) is 3.79. The number of hydrogen-bond acceptors (Lipinski definition) is 3. The van der Waals surface area contributed by atoms with Gasteiger partial charge >= 0.3 is 0 Å². The number of aromatic nitrogens is 3. The Hall–Kier alpha value is -1.58. The molecule has 0 amide bonds. The first kappa shape index (κ1) is 7.09. The Morgan fingerprint density at radius 3 is 3.08 bits per heavy atom. The molecule has 0 saturated heterocycles. The molecule has 0 aliphatic carbocycles. The van der Waals surface area contributed by atoms with Gasteiger partial charge in [0.25, 0.3) is 0 Å². The van der Waals surface area contributed by atoms with Gasteiger partial charge in [-0.05, 0) is 18.6 Å². The number of pyridine rings is 1. The lowest BCUT2D eigenvalue weighted by Crippen LogP contribution is -1.97. The van der Waals surface area contributed by atoms with Crippen molar-refractivity contribution in [1.82, 2.24) is 14.6 Å². The Morgan fingerprint density at radius 2 is 2.33 bits per heavy atom. The number of nitrogens with one attached hydrogen (secondary N) is 1. The number of anilines is 1. The zero-order chi connectivity index (χ0) is 8.55. The van der Waals surface area contributed by atoms with E-state index in [0.717, 1.165) is 11.3 Å². The highest BCUT2D eigenvalue weighted by atomic mass is 15.3. The Kier molecular flexibility index (Phi) is 1.46. The smallest absolute Gasteiger partial charge is 0.178 e. The maximum absolute atomic E-state index is 4.14. The number of fused-ring (bicyclic) bond motifs is 1. The van der Waals surface area contributed by atoms with Crippen molar-refractivity contribution >= 4 is 11.3 Å². The molecule has 0 aliphatic rings. The van der Waals surface area contributed by atoms with Gasteiger partial charge in [-0.2, -0.15) is 5.10 Å². The minimum absolute atomic E-state index is 0.873. The van der Waals surface area contributed by atoms with Crippen LogP contribution in [0.25, 0.3) is 5.65 Å². The van der Waals surface area contributed by atoms with Crippen molar-refractivity contribution in [3.63, 3.8) is 0 Å². The lowest BCUT2D eigenvalue weighted by Gasteiger charge is -2.04. The van der Waals surface area contributed by atoms with Crippen molar-refractivity contribution < 1.29 is 0 Å². The SMILES string of the molecule is CNc1c(C)ccn2ncnc12. The van der Waals surface area contributed by atoms with Crippen LogP contribution >= 0.6 is 0 Å². The van der Waals surface area contributed by atoms with E-state index in [4.69, 9.17) is 0 Å². The van der Waals surface area contributed by atoms with E-state index in [-0.39, 0.29) is 0 Å². The van der Waals surface area contributed by atoms with Crippen LogP contribution in [0.2, 0.25) is 0 Å². The summed E-state index contributed by atoms with van der Waals surface area (Å²) in [6.45, 7) is 2.04. The zero-order valence-corrected chi connectivity index (χ0v) is 7.07. The number of aryl methyl sites for hydroxylation is 1. The summed E-state index contributed by atoms with van der Waals surface area (Å²) in [5.41, 5.74) is 3.09. The van der Waals surface area contributed by atoms with E-state index in [1.54, 1.807) is 10.8 Å². The molecule has 0 aliphatic heterocycles. The molecule has 0 unspecified atom stereocenters. The molecular formula is C8H10N4. The number of nitrogens with zero attached hydrogens (tertiary/aromatic N) is 3. The molecule has 2 rings (SSSR count). The van der Waals surface area contributed by atoms with Crippen molar-refractivity contribution in [3.05, 3.63) is 24.2 Å². The van der Waals surface area contributed by atoms with Gasteiger partial charge in [0.05, 0.1) is 5.69 Å². The molecule has 2 heterocycles. The molecule has 2 aromatic rings. The second kappa shape index (κ2) is 2.48. The zero-order valence-electron chi connectivity index (χ0n) is 7.07. The maximum Gasteiger partial charge on any atom is 0.178 e. The predicted molar refractivity (Wildman–Crippen MR) is 47.3 cm³/mol. The van der Waals surface area contributed by atoms with Crippen molar-refractivity contribution in [2.24, 2.45) is 0 Å². The Morgan fingerprint density at radius 1 is 1.50 bits per heavy atom. The number of hydrogen-bond donors (Lipinski definition) is 1. The van der Waals surface area contributed by atoms with Crippen LogP contribution in [0.1, 0.15) is 5.56 Å². The highest BCUT2D eigenvalue weighted by molar-refractivity contribution is 5.70. The molecular weight excluding hydrogens is 152 g/mol. The van der Waals surface area contributed by atoms with Gasteiger partial charge in [-0.25, -0.2) is 9.50 Å². The maximum atomic E-state index is 4.14. The summed E-state index contributed by atoms with van der Waals surface area (Å²) in [5.74, 6) is 0. The van der Waals surface area contributed by atoms with Crippen LogP contribution in [0.5, 0.6) is 0 Å². The van der Waals surface area contributed by atoms with Crippen LogP contribution in [0.4, 0.5) is 5.69 Å². The highest BCUT2D eigenvalue weighted by Gasteiger charge is 2.03. The monoisotopic (exact) mass is 162 g/mol. The van der Waals surface area contributed by atoms with Crippen LogP contribution in [0.15, 0.2) is 18.6 Å². The average molecular weight is 162 g/mol. The third-order valence-electron chi connectivity index (χ3n) is 1.91. The van der Waals surface area contributed by atoms with Crippen LogP contribution in [-0.4, -0.2) is 21.6 Å². The van der Waals surface area contributed by atoms with Gasteiger partial charge in [0.2, 0.25) is 0 Å². The summed E-state index contributed by atoms with van der Waals surface area (Å²) in [7, 11) is 1.89. The molecule has 0 fully saturated rings. The fraction of sp³-hybridized carbons (Fsp3) is 0.250. The molecule has 0 radical (unpaired) electrons. The molecule has 62 valence electrons. The van der Waals surface area contributed by atoms with Gasteiger partial charge in [-0.15, -0.1) is 0 Å². The van der Waals surface area contributed by atoms with Gasteiger partial charge in [-0.1, -0.05) is 0 Å². The predicted octanol–water partition coefficient (Wildman–Crippen LogP) is 1.08. The van der Waals surface area contributed by atoms with Crippen molar-refractivity contribution in [1.29, 1.82) is 0 Å². The van der Waals surface area contributed by atoms with E-state index in [9.17, 15) is 0 Å². The first-order valence-electron chi connectivity index (χ1n) is 3.79. The molecule has 0 spiro atoms. The fourth-order valence-electron chi connectivity index (χ4n) is 1.29. The first-order chi connectivity index (χ1) is 5.83. The lowest BCUT2D eigenvalue weighted by atomic mass is 10.2. The summed E-state index contributed by atoms with van der Waals surface area (Å²) < 4.78 is 1.75. The normalized spacial score (nSPS) is 10.5. The van der Waals surface area contributed by atoms with Gasteiger partial charge < -0.3 is 5.32 Å². The van der Waals surface area contributed by atoms with E-state index in [1.807, 2.05) is 26.2 Å². The second-order valence-electron chi connectivity index (χ2n) is 2.65. The lowest BCUT2D eigenvalue weighted by molar-refractivity contribution is 0.958. The largest absolute Gasteiger partial charge is 0.385 e. The Labute approximate surface area is 70.2 Å². The van der Waals surface area contributed by atoms with Crippen LogP contribution in [-0.2, 0) is 0 Å². The molecule has 12 heavy (non-hydrogen) atoms. The highest BCUT2D eigenvalue weighted by Crippen LogP contribution is 2.17. The van der Waals surface area contributed by atoms with Crippen molar-refractivity contribution in [2.75, 3.05) is 12.4 Å². The second-order valence-corrected chi connectivity index (χ2v) is 2.65. The van der Waals surface area contributed by atoms with Crippen LogP contribution in [0, 0.1) is 6.92 Å². The van der Waals surface area contributed by atoms with E-state index in [2.05, 4.69) is 15.4 Å². The summed E-state index contributed by atoms with van der Waals surface area (Å²) in [6.07, 6.45) is 3.45. The van der Waals surface area contributed by atoms with E-state index in [1.165, 1.54) is 5.56 Å². The van der Waals surface area contributed by atoms with Gasteiger partial charge in [0.1, 0.15) is 6.33 Å². The quantitative estimate of drug-likeness (QED) is 0.682. The summed E-state index contributed by atoms with van der Waals surface area (Å²) in [5, 5.41) is 7.14. The molecule has 4 nitrogen and oxygen atoms in total. The fourth-order valence-corrected chi connectivity index (χ4v) is 1.29. The summed E-state index contributed by atoms with van der Waals surface area (Å²) in [4.78, 5) is 4.14. The molecule has 2 aromatic heterocycles. The van der Waals surface area contributed by atoms with Crippen LogP contribution in [0.3, 0.4) is 0 Å². The Bertz CT molecular complexity index is 404. The minimum atomic E-state index is 0.873. The summed E-state index contributed by atoms with van der Waals surface area (Å²) in [6, 6.07) is 2.01. The van der Waals surface area contributed by atoms with Gasteiger partial charge in [0.15, 0.2) is 5.65 Å². The molecule has 0 atom stereocenters. The Balaban J connectivity index is 2.83. The topological polar surface area (TPSA) is 42.2 Å². The third-order valence-corrected chi connectivity index (χ3v) is 1.91. The van der Waals surface area contributed by atoms with E-state index < -0.39 is 0 Å². The van der Waals surface area contributed by atoms with Gasteiger partial charge in [-0.3, -0.25) is 0 Å². The van der Waals surface area contributed by atoms with Gasteiger partial charge in [0, 0.05) is 13.2 Å². The van der Waals surface area contributed by atoms with Crippen molar-refractivity contribution in [3.8, 4) is 0 Å². The molecule has 1 N–H and O–H groups in total. The van der Waals surface area contributed by atoms with E-state index >= 15 is 0 Å². The third kappa shape index (κ3) is 0.845. The standard InChI is InChI=1S/C8H10N4/c1-6-3-4-12-8(7(6)9-2)10-5-11-12/h3-5,9H,1-2H3. The average Bonchev–Trinajstić information content (AvgIpc) is 2.52. The molecule has 0 saturated carbocycles. The van der Waals surface area contributed by atoms with Crippen molar-refractivity contribution in [2.45, 2.75) is 6.92 Å². The molecule has 4 heteroatoms. The number of rotatable bonds is 1. The summed E-state index contributed by atoms with van der Waals surface area (Å²) >= 11 is 0.